The number of amides is 1. The van der Waals surface area contributed by atoms with Gasteiger partial charge < -0.3 is 21.9 Å². The molecule has 53 heavy (non-hydrogen) atoms. The molecule has 0 bridgehead atoms. The molecule has 1 aliphatic carbocycles. The molecule has 0 aliphatic heterocycles. The van der Waals surface area contributed by atoms with Crippen LogP contribution in [0, 0.1) is 0 Å². The summed E-state index contributed by atoms with van der Waals surface area (Å²) in [6.07, 6.45) is 3.71. The van der Waals surface area contributed by atoms with Crippen molar-refractivity contribution in [3.63, 3.8) is 0 Å². The number of azo groups is 2. The first-order valence-electron chi connectivity index (χ1n) is 15.4. The van der Waals surface area contributed by atoms with Crippen LogP contribution in [0.25, 0.3) is 10.8 Å². The summed E-state index contributed by atoms with van der Waals surface area (Å²) < 4.78 is 32.1. The number of carboxylic acid groups (broad SMARTS) is 1. The van der Waals surface area contributed by atoms with Crippen LogP contribution in [0.1, 0.15) is 10.4 Å². The van der Waals surface area contributed by atoms with Crippen molar-refractivity contribution in [2.45, 2.75) is 4.90 Å². The summed E-state index contributed by atoms with van der Waals surface area (Å²) in [5.74, 6) is -2.33. The number of hydrazone groups is 1. The van der Waals surface area contributed by atoms with Crippen LogP contribution in [0.4, 0.5) is 45.5 Å². The van der Waals surface area contributed by atoms with Crippen LogP contribution < -0.4 is 22.2 Å². The number of anilines is 4. The van der Waals surface area contributed by atoms with Gasteiger partial charge in [-0.1, -0.05) is 12.1 Å². The maximum atomic E-state index is 12.9. The molecule has 5 aromatic carbocycles. The van der Waals surface area contributed by atoms with Crippen LogP contribution in [-0.2, 0) is 19.7 Å². The van der Waals surface area contributed by atoms with Gasteiger partial charge in [0.25, 0.3) is 16.0 Å². The lowest BCUT2D eigenvalue weighted by molar-refractivity contribution is -0.134. The third kappa shape index (κ3) is 8.51. The Kier molecular flexibility index (Phi) is 9.94. The van der Waals surface area contributed by atoms with E-state index in [9.17, 15) is 27.4 Å². The lowest BCUT2D eigenvalue weighted by atomic mass is 10.0. The summed E-state index contributed by atoms with van der Waals surface area (Å²) in [5, 5.41) is 34.1. The van der Waals surface area contributed by atoms with Crippen molar-refractivity contribution in [1.29, 1.82) is 0 Å². The van der Waals surface area contributed by atoms with E-state index in [-0.39, 0.29) is 44.8 Å². The summed E-state index contributed by atoms with van der Waals surface area (Å²) in [4.78, 5) is 35.5. The zero-order chi connectivity index (χ0) is 37.7. The number of hydrogen-bond acceptors (Lipinski definition) is 13. The topological polar surface area (TPSA) is 264 Å². The molecule has 0 atom stereocenters. The molecule has 17 heteroatoms. The molecule has 5 aromatic rings. The zero-order valence-corrected chi connectivity index (χ0v) is 28.0. The van der Waals surface area contributed by atoms with Gasteiger partial charge in [-0.05, 0) is 114 Å². The van der Waals surface area contributed by atoms with E-state index in [2.05, 4.69) is 36.3 Å². The molecular weight excluding hydrogens is 703 g/mol. The van der Waals surface area contributed by atoms with E-state index in [1.165, 1.54) is 30.4 Å². The molecule has 6 rings (SSSR count). The van der Waals surface area contributed by atoms with Crippen molar-refractivity contribution in [2.24, 2.45) is 25.6 Å². The first-order chi connectivity index (χ1) is 25.3. The van der Waals surface area contributed by atoms with Crippen LogP contribution in [0.3, 0.4) is 0 Å². The fourth-order valence-electron chi connectivity index (χ4n) is 4.86. The number of benzene rings is 5. The van der Waals surface area contributed by atoms with E-state index < -0.39 is 21.9 Å². The quantitative estimate of drug-likeness (QED) is 0.0209. The Morgan fingerprint density at radius 1 is 0.717 bits per heavy atom. The van der Waals surface area contributed by atoms with Crippen molar-refractivity contribution in [1.82, 2.24) is 0 Å². The predicted molar refractivity (Wildman–Crippen MR) is 199 cm³/mol. The van der Waals surface area contributed by atoms with Gasteiger partial charge in [-0.2, -0.15) is 23.7 Å². The monoisotopic (exact) mass is 729 g/mol. The van der Waals surface area contributed by atoms with Gasteiger partial charge >= 0.3 is 5.97 Å². The van der Waals surface area contributed by atoms with Gasteiger partial charge in [-0.15, -0.1) is 10.2 Å². The number of carbonyl (C=O) groups excluding carboxylic acids is 2. The molecule has 0 fully saturated rings. The second-order valence-corrected chi connectivity index (χ2v) is 12.7. The fourth-order valence-corrected chi connectivity index (χ4v) is 5.38. The lowest BCUT2D eigenvalue weighted by Gasteiger charge is -2.08. The Bertz CT molecular complexity index is 2560. The summed E-state index contributed by atoms with van der Waals surface area (Å²) in [6, 6.07) is 25.2. The number of nitrogen functional groups attached to an aromatic ring is 2. The Morgan fingerprint density at radius 2 is 1.36 bits per heavy atom. The summed E-state index contributed by atoms with van der Waals surface area (Å²) in [5.41, 5.74) is 18.3. The van der Waals surface area contributed by atoms with Crippen molar-refractivity contribution < 1.29 is 32.5 Å². The molecule has 16 nitrogen and oxygen atoms in total. The number of nitrogens with zero attached hydrogens (tertiary/aromatic N) is 5. The number of carboxylic acids is 1. The van der Waals surface area contributed by atoms with Gasteiger partial charge in [0.05, 0.1) is 39.0 Å². The molecule has 264 valence electrons. The maximum Gasteiger partial charge on any atom is 0.339 e. The van der Waals surface area contributed by atoms with Gasteiger partial charge in [-0.25, -0.2) is 4.79 Å². The molecular formula is C36H27N9O7S. The van der Waals surface area contributed by atoms with E-state index in [0.29, 0.717) is 39.1 Å². The van der Waals surface area contributed by atoms with Crippen molar-refractivity contribution in [2.75, 3.05) is 22.2 Å². The summed E-state index contributed by atoms with van der Waals surface area (Å²) in [6.45, 7) is 0. The van der Waals surface area contributed by atoms with Gasteiger partial charge in [0.1, 0.15) is 16.9 Å². The molecule has 0 saturated heterocycles. The van der Waals surface area contributed by atoms with Crippen LogP contribution in [0.5, 0.6) is 0 Å². The number of nitrogens with two attached hydrogens (primary N) is 2. The predicted octanol–water partition coefficient (Wildman–Crippen LogP) is 7.25. The minimum atomic E-state index is -4.34. The highest BCUT2D eigenvalue weighted by Crippen LogP contribution is 2.39. The van der Waals surface area contributed by atoms with Crippen LogP contribution >= 0.6 is 0 Å². The van der Waals surface area contributed by atoms with Crippen molar-refractivity contribution in [3.8, 4) is 0 Å². The minimum Gasteiger partial charge on any atom is -0.478 e. The Balaban J connectivity index is 1.08. The number of ketones is 1. The van der Waals surface area contributed by atoms with Gasteiger partial charge in [0.15, 0.2) is 5.78 Å². The molecule has 0 saturated carbocycles. The highest BCUT2D eigenvalue weighted by molar-refractivity contribution is 7.85. The fraction of sp³-hybridized carbons (Fsp3) is 0. The normalized spacial score (nSPS) is 13.9. The molecule has 8 N–H and O–H groups in total. The molecule has 0 aromatic heterocycles. The molecule has 0 spiro atoms. The average molecular weight is 730 g/mol. The van der Waals surface area contributed by atoms with Crippen LogP contribution in [0.2, 0.25) is 0 Å². The van der Waals surface area contributed by atoms with E-state index in [1.807, 2.05) is 0 Å². The zero-order valence-electron chi connectivity index (χ0n) is 27.2. The second kappa shape index (κ2) is 14.9. The van der Waals surface area contributed by atoms with Gasteiger partial charge in [-0.3, -0.25) is 19.6 Å². The third-order valence-electron chi connectivity index (χ3n) is 7.64. The number of rotatable bonds is 10. The molecule has 0 unspecified atom stereocenters. The Labute approximate surface area is 300 Å². The second-order valence-electron chi connectivity index (χ2n) is 11.3. The number of nitrogens with one attached hydrogen (secondary N) is 2. The number of fused-ring (bicyclic) bond motifs is 1. The Hall–Kier alpha value is -7.37. The first kappa shape index (κ1) is 35.5. The Morgan fingerprint density at radius 3 is 2.06 bits per heavy atom. The van der Waals surface area contributed by atoms with E-state index in [0.717, 1.165) is 6.08 Å². The maximum absolute atomic E-state index is 12.9. The van der Waals surface area contributed by atoms with Gasteiger partial charge in [0.2, 0.25) is 0 Å². The minimum absolute atomic E-state index is 0.139. The molecule has 1 aliphatic rings. The van der Waals surface area contributed by atoms with Crippen LogP contribution in [0.15, 0.2) is 151 Å². The van der Waals surface area contributed by atoms with E-state index in [1.54, 1.807) is 78.9 Å². The smallest absolute Gasteiger partial charge is 0.339 e. The van der Waals surface area contributed by atoms with E-state index >= 15 is 0 Å². The number of hydrogen-bond donors (Lipinski definition) is 6. The van der Waals surface area contributed by atoms with Crippen molar-refractivity contribution in [3.05, 3.63) is 126 Å². The summed E-state index contributed by atoms with van der Waals surface area (Å²) >= 11 is 0. The largest absolute Gasteiger partial charge is 0.478 e. The average Bonchev–Trinajstić information content (AvgIpc) is 3.14. The van der Waals surface area contributed by atoms with Crippen molar-refractivity contribution >= 4 is 89.8 Å². The van der Waals surface area contributed by atoms with E-state index in [4.69, 9.17) is 16.6 Å². The molecule has 0 radical (unpaired) electrons. The summed E-state index contributed by atoms with van der Waals surface area (Å²) in [7, 11) is -4.34. The standard InChI is InChI=1S/C36H27N9O7S/c37-30-14-15-31(33(38)34(30)45-42-25-10-8-24(9-11-25)40-43-27-12-16-32(46)29(19-27)36(48)49)44-41-23-5-1-20(2-6-23)35(47)39-26-7-3-22-18-28(53(50,51)52)13-4-21(22)17-26/h1-19,40H,37-38H2,(H,39,47)(H,48,49)(H,50,51,52)/b43-27-,44-41?,45-42?. The highest BCUT2D eigenvalue weighted by atomic mass is 32.2. The third-order valence-corrected chi connectivity index (χ3v) is 8.49. The number of aliphatic carboxylic acids is 1. The lowest BCUT2D eigenvalue weighted by Crippen LogP contribution is -2.15. The molecule has 0 heterocycles. The number of carbonyl (C=O) groups is 3. The SMILES string of the molecule is Nc1ccc(N=Nc2ccc(C(=O)Nc3ccc4cc(S(=O)(=O)O)ccc4c3)cc2)c(N)c1N=Nc1ccc(N/N=C2/C=CC(=O)C(C(=O)O)=C2)cc1. The van der Waals surface area contributed by atoms with Crippen LogP contribution in [-0.4, -0.2) is 41.4 Å². The first-order valence-corrected chi connectivity index (χ1v) is 16.8. The van der Waals surface area contributed by atoms with Gasteiger partial charge in [0, 0.05) is 11.3 Å². The number of allylic oxidation sites excluding steroid dienone is 3. The highest BCUT2D eigenvalue weighted by Gasteiger charge is 2.19. The molecule has 1 amide bonds.